The van der Waals surface area contributed by atoms with Gasteiger partial charge in [0, 0.05) is 4.88 Å². The molecule has 8 heteroatoms. The van der Waals surface area contributed by atoms with Crippen molar-refractivity contribution in [2.24, 2.45) is 5.10 Å². The van der Waals surface area contributed by atoms with Gasteiger partial charge in [-0.2, -0.15) is 5.10 Å². The fourth-order valence-electron chi connectivity index (χ4n) is 2.07. The standard InChI is InChI=1S/C16H19N3O3S2/c1-12-6-4-5-7-14(12)19(24(3,21)22)11-16(20)18-17-10-15-13(2)8-9-23-15/h4-10H,11H2,1-3H3,(H,18,20)/b17-10-. The first kappa shape index (κ1) is 18.2. The summed E-state index contributed by atoms with van der Waals surface area (Å²) < 4.78 is 25.1. The van der Waals surface area contributed by atoms with Gasteiger partial charge in [-0.1, -0.05) is 18.2 Å². The lowest BCUT2D eigenvalue weighted by Gasteiger charge is -2.23. The maximum absolute atomic E-state index is 12.1. The molecule has 0 aliphatic rings. The fraction of sp³-hybridized carbons (Fsp3) is 0.250. The highest BCUT2D eigenvalue weighted by atomic mass is 32.2. The first-order valence-electron chi connectivity index (χ1n) is 7.18. The zero-order chi connectivity index (χ0) is 17.7. The molecule has 24 heavy (non-hydrogen) atoms. The minimum atomic E-state index is -3.59. The molecule has 1 heterocycles. The molecule has 0 unspecified atom stereocenters. The van der Waals surface area contributed by atoms with Gasteiger partial charge in [0.1, 0.15) is 6.54 Å². The van der Waals surface area contributed by atoms with Crippen molar-refractivity contribution in [3.63, 3.8) is 0 Å². The summed E-state index contributed by atoms with van der Waals surface area (Å²) in [5.41, 5.74) is 4.69. The molecular formula is C16H19N3O3S2. The summed E-state index contributed by atoms with van der Waals surface area (Å²) in [7, 11) is -3.59. The fourth-order valence-corrected chi connectivity index (χ4v) is 3.77. The SMILES string of the molecule is Cc1ccccc1N(CC(=O)N/N=C\c1sccc1C)S(C)(=O)=O. The average molecular weight is 365 g/mol. The molecule has 2 aromatic rings. The third-order valence-corrected chi connectivity index (χ3v) is 5.42. The Balaban J connectivity index is 2.10. The van der Waals surface area contributed by atoms with Crippen LogP contribution < -0.4 is 9.73 Å². The molecule has 0 atom stereocenters. The summed E-state index contributed by atoms with van der Waals surface area (Å²) in [5.74, 6) is -0.505. The molecule has 0 bridgehead atoms. The summed E-state index contributed by atoms with van der Waals surface area (Å²) in [5, 5.41) is 5.82. The van der Waals surface area contributed by atoms with E-state index in [0.717, 1.165) is 26.6 Å². The predicted octanol–water partition coefficient (Wildman–Crippen LogP) is 2.28. The molecule has 1 aromatic heterocycles. The van der Waals surface area contributed by atoms with Crippen LogP contribution in [0.4, 0.5) is 5.69 Å². The van der Waals surface area contributed by atoms with E-state index in [1.165, 1.54) is 11.3 Å². The number of amides is 1. The smallest absolute Gasteiger partial charge is 0.260 e. The monoisotopic (exact) mass is 365 g/mol. The van der Waals surface area contributed by atoms with E-state index in [1.54, 1.807) is 31.3 Å². The molecule has 1 aromatic carbocycles. The van der Waals surface area contributed by atoms with Gasteiger partial charge in [-0.25, -0.2) is 13.8 Å². The number of rotatable bonds is 6. The van der Waals surface area contributed by atoms with Crippen LogP contribution in [0, 0.1) is 13.8 Å². The van der Waals surface area contributed by atoms with Crippen LogP contribution in [0.5, 0.6) is 0 Å². The molecule has 0 saturated heterocycles. The van der Waals surface area contributed by atoms with Crippen LogP contribution in [-0.4, -0.2) is 33.3 Å². The second kappa shape index (κ2) is 7.59. The van der Waals surface area contributed by atoms with Crippen LogP contribution >= 0.6 is 11.3 Å². The molecule has 0 aliphatic carbocycles. The Bertz CT molecular complexity index is 857. The molecule has 0 fully saturated rings. The van der Waals surface area contributed by atoms with Crippen LogP contribution in [0.25, 0.3) is 0 Å². The van der Waals surface area contributed by atoms with Gasteiger partial charge in [0.2, 0.25) is 10.0 Å². The highest BCUT2D eigenvalue weighted by molar-refractivity contribution is 7.92. The van der Waals surface area contributed by atoms with E-state index in [0.29, 0.717) is 5.69 Å². The third kappa shape index (κ3) is 4.65. The lowest BCUT2D eigenvalue weighted by atomic mass is 10.2. The maximum Gasteiger partial charge on any atom is 0.260 e. The van der Waals surface area contributed by atoms with E-state index in [1.807, 2.05) is 24.4 Å². The third-order valence-electron chi connectivity index (χ3n) is 3.34. The first-order chi connectivity index (χ1) is 11.3. The van der Waals surface area contributed by atoms with Crippen molar-refractivity contribution in [3.05, 3.63) is 51.7 Å². The Morgan fingerprint density at radius 2 is 1.96 bits per heavy atom. The predicted molar refractivity (Wildman–Crippen MR) is 98.2 cm³/mol. The number of benzene rings is 1. The molecule has 0 aliphatic heterocycles. The van der Waals surface area contributed by atoms with Crippen molar-refractivity contribution in [1.29, 1.82) is 0 Å². The lowest BCUT2D eigenvalue weighted by Crippen LogP contribution is -2.39. The van der Waals surface area contributed by atoms with Crippen LogP contribution in [0.15, 0.2) is 40.8 Å². The minimum absolute atomic E-state index is 0.329. The Morgan fingerprint density at radius 1 is 1.25 bits per heavy atom. The number of para-hydroxylation sites is 1. The zero-order valence-corrected chi connectivity index (χ0v) is 15.3. The van der Waals surface area contributed by atoms with Gasteiger partial charge >= 0.3 is 0 Å². The van der Waals surface area contributed by atoms with E-state index in [4.69, 9.17) is 0 Å². The number of nitrogens with one attached hydrogen (secondary N) is 1. The molecule has 0 radical (unpaired) electrons. The number of hydrogen-bond donors (Lipinski definition) is 1. The number of anilines is 1. The van der Waals surface area contributed by atoms with E-state index >= 15 is 0 Å². The highest BCUT2D eigenvalue weighted by Crippen LogP contribution is 2.21. The first-order valence-corrected chi connectivity index (χ1v) is 9.91. The highest BCUT2D eigenvalue weighted by Gasteiger charge is 2.21. The minimum Gasteiger partial charge on any atom is -0.271 e. The largest absolute Gasteiger partial charge is 0.271 e. The molecular weight excluding hydrogens is 346 g/mol. The van der Waals surface area contributed by atoms with Gasteiger partial charge in [0.25, 0.3) is 5.91 Å². The number of carbonyl (C=O) groups is 1. The number of carbonyl (C=O) groups excluding carboxylic acids is 1. The van der Waals surface area contributed by atoms with E-state index < -0.39 is 15.9 Å². The Hall–Kier alpha value is -2.19. The quantitative estimate of drug-likeness (QED) is 0.630. The molecule has 0 spiro atoms. The van der Waals surface area contributed by atoms with E-state index in [-0.39, 0.29) is 6.54 Å². The van der Waals surface area contributed by atoms with Gasteiger partial charge < -0.3 is 0 Å². The van der Waals surface area contributed by atoms with Crippen molar-refractivity contribution in [2.75, 3.05) is 17.1 Å². The molecule has 6 nitrogen and oxygen atoms in total. The van der Waals surface area contributed by atoms with E-state index in [2.05, 4.69) is 10.5 Å². The maximum atomic E-state index is 12.1. The Morgan fingerprint density at radius 3 is 2.54 bits per heavy atom. The molecule has 1 N–H and O–H groups in total. The van der Waals surface area contributed by atoms with Crippen LogP contribution in [0.2, 0.25) is 0 Å². The number of thiophene rings is 1. The lowest BCUT2D eigenvalue weighted by molar-refractivity contribution is -0.119. The second-order valence-electron chi connectivity index (χ2n) is 5.32. The Labute approximate surface area is 145 Å². The van der Waals surface area contributed by atoms with Gasteiger partial charge in [0.15, 0.2) is 0 Å². The van der Waals surface area contributed by atoms with Gasteiger partial charge in [-0.3, -0.25) is 9.10 Å². The summed E-state index contributed by atoms with van der Waals surface area (Å²) >= 11 is 1.51. The van der Waals surface area contributed by atoms with Crippen LogP contribution in [0.3, 0.4) is 0 Å². The zero-order valence-electron chi connectivity index (χ0n) is 13.7. The van der Waals surface area contributed by atoms with Crippen molar-refractivity contribution < 1.29 is 13.2 Å². The molecule has 2 rings (SSSR count). The molecule has 128 valence electrons. The Kier molecular flexibility index (Phi) is 5.74. The van der Waals surface area contributed by atoms with Gasteiger partial charge in [-0.15, -0.1) is 11.3 Å². The second-order valence-corrected chi connectivity index (χ2v) is 8.17. The molecule has 1 amide bonds. The number of aryl methyl sites for hydroxylation is 2. The normalized spacial score (nSPS) is 11.6. The number of nitrogens with zero attached hydrogens (tertiary/aromatic N) is 2. The van der Waals surface area contributed by atoms with E-state index in [9.17, 15) is 13.2 Å². The van der Waals surface area contributed by atoms with Crippen LogP contribution in [-0.2, 0) is 14.8 Å². The van der Waals surface area contributed by atoms with Crippen molar-refractivity contribution in [2.45, 2.75) is 13.8 Å². The molecule has 0 saturated carbocycles. The summed E-state index contributed by atoms with van der Waals surface area (Å²) in [6.07, 6.45) is 2.63. The van der Waals surface area contributed by atoms with Crippen molar-refractivity contribution >= 4 is 39.2 Å². The van der Waals surface area contributed by atoms with Gasteiger partial charge in [-0.05, 0) is 42.5 Å². The van der Waals surface area contributed by atoms with Crippen LogP contribution in [0.1, 0.15) is 16.0 Å². The summed E-state index contributed by atoms with van der Waals surface area (Å²) in [6.45, 7) is 3.41. The average Bonchev–Trinajstić information content (AvgIpc) is 2.90. The number of sulfonamides is 1. The number of hydrazone groups is 1. The van der Waals surface area contributed by atoms with Crippen molar-refractivity contribution in [1.82, 2.24) is 5.43 Å². The summed E-state index contributed by atoms with van der Waals surface area (Å²) in [4.78, 5) is 13.0. The summed E-state index contributed by atoms with van der Waals surface area (Å²) in [6, 6.07) is 8.96. The number of hydrogen-bond acceptors (Lipinski definition) is 5. The van der Waals surface area contributed by atoms with Crippen molar-refractivity contribution in [3.8, 4) is 0 Å². The topological polar surface area (TPSA) is 78.8 Å². The van der Waals surface area contributed by atoms with Gasteiger partial charge in [0.05, 0.1) is 18.2 Å².